The molecule has 0 atom stereocenters. The Kier molecular flexibility index (Phi) is 5.45. The summed E-state index contributed by atoms with van der Waals surface area (Å²) in [6.07, 6.45) is 3.65. The van der Waals surface area contributed by atoms with Crippen LogP contribution in [0.2, 0.25) is 0 Å². The van der Waals surface area contributed by atoms with Gasteiger partial charge in [0.25, 0.3) is 0 Å². The molecule has 2 aromatic rings. The van der Waals surface area contributed by atoms with E-state index in [-0.39, 0.29) is 11.6 Å². The number of amides is 2. The number of benzene rings is 2. The molecule has 0 saturated carbocycles. The lowest BCUT2D eigenvalue weighted by molar-refractivity contribution is -0.0639. The Morgan fingerprint density at radius 1 is 1.21 bits per heavy atom. The molecule has 152 valence electrons. The van der Waals surface area contributed by atoms with Gasteiger partial charge in [-0.2, -0.15) is 0 Å². The molecule has 0 aliphatic carbocycles. The fourth-order valence-electron chi connectivity index (χ4n) is 3.74. The van der Waals surface area contributed by atoms with E-state index in [1.807, 2.05) is 41.3 Å². The Morgan fingerprint density at radius 3 is 2.69 bits per heavy atom. The molecule has 0 unspecified atom stereocenters. The van der Waals surface area contributed by atoms with Gasteiger partial charge in [0.2, 0.25) is 0 Å². The van der Waals surface area contributed by atoms with E-state index in [1.165, 1.54) is 5.56 Å². The number of carbonyl (C=O) groups is 1. The molecule has 2 aliphatic heterocycles. The lowest BCUT2D eigenvalue weighted by Crippen LogP contribution is -2.49. The van der Waals surface area contributed by atoms with Crippen LogP contribution < -0.4 is 15.5 Å². The number of hydrogen-bond acceptors (Lipinski definition) is 4. The van der Waals surface area contributed by atoms with Crippen molar-refractivity contribution in [2.24, 2.45) is 0 Å². The minimum Gasteiger partial charge on any atom is -0.497 e. The maximum atomic E-state index is 12.5. The molecule has 2 aromatic carbocycles. The highest BCUT2D eigenvalue weighted by Gasteiger charge is 2.39. The number of piperidine rings is 1. The summed E-state index contributed by atoms with van der Waals surface area (Å²) in [7, 11) is 1.66. The summed E-state index contributed by atoms with van der Waals surface area (Å²) in [6, 6.07) is 16.1. The molecule has 2 amide bonds. The Hall–Kier alpha value is -2.99. The van der Waals surface area contributed by atoms with Crippen LogP contribution in [-0.2, 0) is 11.4 Å². The highest BCUT2D eigenvalue weighted by Crippen LogP contribution is 2.35. The molecule has 2 N–H and O–H groups in total. The lowest BCUT2D eigenvalue weighted by Gasteiger charge is -2.36. The number of aryl methyl sites for hydroxylation is 1. The number of hydroxylamine groups is 1. The number of rotatable bonds is 4. The van der Waals surface area contributed by atoms with Gasteiger partial charge in [-0.3, -0.25) is 10.3 Å². The first-order valence-electron chi connectivity index (χ1n) is 9.97. The van der Waals surface area contributed by atoms with Crippen molar-refractivity contribution in [3.8, 4) is 5.75 Å². The normalized spacial score (nSPS) is 17.6. The number of methoxy groups -OCH3 is 1. The van der Waals surface area contributed by atoms with Crippen LogP contribution in [0.1, 0.15) is 29.5 Å². The molecule has 6 heteroatoms. The van der Waals surface area contributed by atoms with Crippen molar-refractivity contribution in [2.45, 2.75) is 31.9 Å². The maximum Gasteiger partial charge on any atom is 0.317 e. The molecule has 2 heterocycles. The van der Waals surface area contributed by atoms with E-state index in [4.69, 9.17) is 9.57 Å². The summed E-state index contributed by atoms with van der Waals surface area (Å²) in [5.74, 6) is 0.811. The van der Waals surface area contributed by atoms with E-state index < -0.39 is 0 Å². The number of carbonyl (C=O) groups excluding carboxylic acids is 1. The second-order valence-corrected chi connectivity index (χ2v) is 7.69. The van der Waals surface area contributed by atoms with Gasteiger partial charge >= 0.3 is 6.03 Å². The van der Waals surface area contributed by atoms with Gasteiger partial charge in [0, 0.05) is 38.0 Å². The zero-order chi connectivity index (χ0) is 20.3. The van der Waals surface area contributed by atoms with Gasteiger partial charge in [0.15, 0.2) is 0 Å². The molecule has 2 aliphatic rings. The van der Waals surface area contributed by atoms with Crippen LogP contribution in [0.15, 0.2) is 54.6 Å². The number of ether oxygens (including phenoxy) is 1. The van der Waals surface area contributed by atoms with Crippen molar-refractivity contribution in [3.05, 3.63) is 71.3 Å². The van der Waals surface area contributed by atoms with Crippen molar-refractivity contribution in [1.29, 1.82) is 0 Å². The molecule has 4 rings (SSSR count). The van der Waals surface area contributed by atoms with Crippen LogP contribution in [0.5, 0.6) is 5.75 Å². The SMILES string of the molecule is COc1cccc(C2=CC3(CCN(C(=O)NCc4ccc(C)cc4)CC3)ON2)c1. The van der Waals surface area contributed by atoms with E-state index in [0.717, 1.165) is 35.4 Å². The summed E-state index contributed by atoms with van der Waals surface area (Å²) in [4.78, 5) is 20.3. The highest BCUT2D eigenvalue weighted by atomic mass is 16.7. The average molecular weight is 393 g/mol. The van der Waals surface area contributed by atoms with E-state index in [1.54, 1.807) is 7.11 Å². The molecule has 0 aromatic heterocycles. The van der Waals surface area contributed by atoms with E-state index in [2.05, 4.69) is 35.9 Å². The van der Waals surface area contributed by atoms with Crippen molar-refractivity contribution in [1.82, 2.24) is 15.7 Å². The molecular weight excluding hydrogens is 366 g/mol. The first kappa shape index (κ1) is 19.3. The molecule has 0 bridgehead atoms. The van der Waals surface area contributed by atoms with Gasteiger partial charge in [0.05, 0.1) is 12.8 Å². The van der Waals surface area contributed by atoms with E-state index in [9.17, 15) is 4.79 Å². The predicted octanol–water partition coefficient (Wildman–Crippen LogP) is 3.62. The third kappa shape index (κ3) is 4.38. The minimum atomic E-state index is -0.369. The molecule has 1 spiro atoms. The molecular formula is C23H27N3O3. The lowest BCUT2D eigenvalue weighted by atomic mass is 9.90. The van der Waals surface area contributed by atoms with Gasteiger partial charge in [0.1, 0.15) is 11.4 Å². The van der Waals surface area contributed by atoms with Crippen molar-refractivity contribution >= 4 is 11.7 Å². The quantitative estimate of drug-likeness (QED) is 0.833. The number of nitrogens with zero attached hydrogens (tertiary/aromatic N) is 1. The number of urea groups is 1. The number of nitrogens with one attached hydrogen (secondary N) is 2. The van der Waals surface area contributed by atoms with Crippen LogP contribution >= 0.6 is 0 Å². The maximum absolute atomic E-state index is 12.5. The summed E-state index contributed by atoms with van der Waals surface area (Å²) in [6.45, 7) is 3.91. The number of likely N-dealkylation sites (tertiary alicyclic amines) is 1. The van der Waals surface area contributed by atoms with E-state index in [0.29, 0.717) is 19.6 Å². The number of hydrogen-bond donors (Lipinski definition) is 2. The van der Waals surface area contributed by atoms with Gasteiger partial charge in [-0.15, -0.1) is 0 Å². The van der Waals surface area contributed by atoms with Crippen molar-refractivity contribution < 1.29 is 14.4 Å². The fraction of sp³-hybridized carbons (Fsp3) is 0.348. The monoisotopic (exact) mass is 393 g/mol. The summed E-state index contributed by atoms with van der Waals surface area (Å²) >= 11 is 0. The van der Waals surface area contributed by atoms with Crippen LogP contribution in [-0.4, -0.2) is 36.7 Å². The highest BCUT2D eigenvalue weighted by molar-refractivity contribution is 5.74. The molecule has 29 heavy (non-hydrogen) atoms. The summed E-state index contributed by atoms with van der Waals surface area (Å²) in [5, 5.41) is 3.02. The summed E-state index contributed by atoms with van der Waals surface area (Å²) < 4.78 is 5.31. The van der Waals surface area contributed by atoms with Gasteiger partial charge in [-0.1, -0.05) is 42.0 Å². The van der Waals surface area contributed by atoms with Gasteiger partial charge in [-0.05, 0) is 30.7 Å². The van der Waals surface area contributed by atoms with Crippen LogP contribution in [0.4, 0.5) is 4.79 Å². The standard InChI is InChI=1S/C23H27N3O3/c1-17-6-8-18(9-7-17)16-24-22(27)26-12-10-23(11-13-26)15-21(25-29-23)19-4-3-5-20(14-19)28-2/h3-9,14-15,25H,10-13,16H2,1-2H3,(H,24,27). The van der Waals surface area contributed by atoms with E-state index >= 15 is 0 Å². The van der Waals surface area contributed by atoms with Gasteiger partial charge in [-0.25, -0.2) is 4.79 Å². The smallest absolute Gasteiger partial charge is 0.317 e. The van der Waals surface area contributed by atoms with Crippen LogP contribution in [0, 0.1) is 6.92 Å². The minimum absolute atomic E-state index is 0.0246. The van der Waals surface area contributed by atoms with Crippen molar-refractivity contribution in [3.63, 3.8) is 0 Å². The molecule has 0 radical (unpaired) electrons. The molecule has 6 nitrogen and oxygen atoms in total. The first-order chi connectivity index (χ1) is 14.1. The summed E-state index contributed by atoms with van der Waals surface area (Å²) in [5.41, 5.74) is 6.99. The third-order valence-electron chi connectivity index (χ3n) is 5.61. The Balaban J connectivity index is 1.33. The Morgan fingerprint density at radius 2 is 1.97 bits per heavy atom. The second kappa shape index (κ2) is 8.17. The Labute approximate surface area is 171 Å². The average Bonchev–Trinajstić information content (AvgIpc) is 3.17. The second-order valence-electron chi connectivity index (χ2n) is 7.69. The zero-order valence-electron chi connectivity index (χ0n) is 16.9. The predicted molar refractivity (Wildman–Crippen MR) is 112 cm³/mol. The fourth-order valence-corrected chi connectivity index (χ4v) is 3.74. The molecule has 1 fully saturated rings. The van der Waals surface area contributed by atoms with Crippen LogP contribution in [0.25, 0.3) is 5.70 Å². The topological polar surface area (TPSA) is 62.8 Å². The van der Waals surface area contributed by atoms with Crippen LogP contribution in [0.3, 0.4) is 0 Å². The van der Waals surface area contributed by atoms with Crippen molar-refractivity contribution in [2.75, 3.05) is 20.2 Å². The molecule has 1 saturated heterocycles. The zero-order valence-corrected chi connectivity index (χ0v) is 16.9. The first-order valence-corrected chi connectivity index (χ1v) is 9.97. The Bertz CT molecular complexity index is 900. The van der Waals surface area contributed by atoms with Gasteiger partial charge < -0.3 is 15.0 Å². The largest absolute Gasteiger partial charge is 0.497 e. The third-order valence-corrected chi connectivity index (χ3v) is 5.61.